The Balaban J connectivity index is 1.25. The van der Waals surface area contributed by atoms with Crippen molar-refractivity contribution in [2.75, 3.05) is 30.8 Å². The van der Waals surface area contributed by atoms with Crippen molar-refractivity contribution in [1.82, 2.24) is 20.4 Å². The Bertz CT molecular complexity index is 1740. The molecule has 0 radical (unpaired) electrons. The van der Waals surface area contributed by atoms with E-state index in [1.165, 1.54) is 7.11 Å². The average Bonchev–Trinajstić information content (AvgIpc) is 3.61. The minimum atomic E-state index is -1.05. The molecule has 220 valence electrons. The van der Waals surface area contributed by atoms with Crippen LogP contribution < -0.4 is 16.0 Å². The number of nitrogens with one attached hydrogen (secondary N) is 4. The molecule has 0 unspecified atom stereocenters. The number of methoxy groups -OCH3 is 1. The van der Waals surface area contributed by atoms with Crippen LogP contribution in [0.3, 0.4) is 0 Å². The molecular formula is C30H27ClN6O6. The first-order valence-electron chi connectivity index (χ1n) is 13.5. The fourth-order valence-electron chi connectivity index (χ4n) is 5.56. The number of H-pyrrole nitrogens is 1. The fourth-order valence-corrected chi connectivity index (χ4v) is 5.73. The highest BCUT2D eigenvalue weighted by atomic mass is 35.5. The molecular weight excluding hydrogens is 576 g/mol. The van der Waals surface area contributed by atoms with Gasteiger partial charge in [-0.3, -0.25) is 25.3 Å². The SMILES string of the molecule is COC(=O)Nc1n[nH]c2cc(C(=O)N[C@@H](Cc3ccccc3)C(=O)N3CC[C@@]4(C3)OC(=O)Nc3ccc(Cl)cc34)ccc12. The van der Waals surface area contributed by atoms with E-state index in [9.17, 15) is 19.2 Å². The summed E-state index contributed by atoms with van der Waals surface area (Å²) in [4.78, 5) is 53.1. The normalized spacial score (nSPS) is 18.0. The number of rotatable bonds is 6. The van der Waals surface area contributed by atoms with Crippen LogP contribution in [0.4, 0.5) is 21.1 Å². The second kappa shape index (κ2) is 11.3. The van der Waals surface area contributed by atoms with E-state index in [2.05, 4.69) is 30.9 Å². The lowest BCUT2D eigenvalue weighted by molar-refractivity contribution is -0.133. The van der Waals surface area contributed by atoms with Gasteiger partial charge in [0.1, 0.15) is 6.04 Å². The molecule has 4 N–H and O–H groups in total. The molecule has 1 spiro atoms. The van der Waals surface area contributed by atoms with Crippen molar-refractivity contribution in [2.45, 2.75) is 24.5 Å². The number of aromatic nitrogens is 2. The van der Waals surface area contributed by atoms with Crippen LogP contribution in [0, 0.1) is 0 Å². The second-order valence-corrected chi connectivity index (χ2v) is 10.8. The van der Waals surface area contributed by atoms with Crippen LogP contribution in [-0.2, 0) is 26.3 Å². The maximum absolute atomic E-state index is 14.0. The first-order chi connectivity index (χ1) is 20.7. The molecule has 4 aromatic rings. The zero-order valence-corrected chi connectivity index (χ0v) is 23.7. The van der Waals surface area contributed by atoms with E-state index >= 15 is 0 Å². The molecule has 0 saturated carbocycles. The number of benzene rings is 3. The zero-order valence-electron chi connectivity index (χ0n) is 23.0. The number of carbonyl (C=O) groups excluding carboxylic acids is 4. The van der Waals surface area contributed by atoms with Crippen LogP contribution in [0.25, 0.3) is 10.9 Å². The molecule has 1 aromatic heterocycles. The van der Waals surface area contributed by atoms with Crippen molar-refractivity contribution in [3.63, 3.8) is 0 Å². The highest BCUT2D eigenvalue weighted by Crippen LogP contribution is 2.44. The number of hydrogen-bond donors (Lipinski definition) is 4. The number of fused-ring (bicyclic) bond motifs is 3. The third-order valence-electron chi connectivity index (χ3n) is 7.66. The van der Waals surface area contributed by atoms with Gasteiger partial charge in [-0.2, -0.15) is 5.10 Å². The lowest BCUT2D eigenvalue weighted by Crippen LogP contribution is -2.50. The molecule has 4 amide bonds. The Hall–Kier alpha value is -5.10. The Labute approximate surface area is 250 Å². The van der Waals surface area contributed by atoms with Crippen LogP contribution in [-0.4, -0.2) is 65.3 Å². The summed E-state index contributed by atoms with van der Waals surface area (Å²) in [6.45, 7) is 0.430. The van der Waals surface area contributed by atoms with E-state index < -0.39 is 29.7 Å². The van der Waals surface area contributed by atoms with Gasteiger partial charge in [0.15, 0.2) is 11.4 Å². The van der Waals surface area contributed by atoms with Crippen LogP contribution in [0.5, 0.6) is 0 Å². The first kappa shape index (κ1) is 28.0. The summed E-state index contributed by atoms with van der Waals surface area (Å²) >= 11 is 6.27. The third-order valence-corrected chi connectivity index (χ3v) is 7.89. The number of carbonyl (C=O) groups is 4. The van der Waals surface area contributed by atoms with Crippen LogP contribution in [0.1, 0.15) is 27.9 Å². The standard InChI is InChI=1S/C30H27ClN6O6/c1-42-28(40)34-25-20-9-7-18(14-23(20)35-36-25)26(38)32-24(13-17-5-3-2-4-6-17)27(39)37-12-11-30(16-37)21-15-19(31)8-10-22(21)33-29(41)43-30/h2-10,14-15,24H,11-13,16H2,1H3,(H,32,38)(H,33,41)(H2,34,35,36,40)/t24-,30-/m0/s1. The van der Waals surface area contributed by atoms with Gasteiger partial charge in [-0.05, 0) is 42.0 Å². The molecule has 43 heavy (non-hydrogen) atoms. The monoisotopic (exact) mass is 602 g/mol. The predicted molar refractivity (Wildman–Crippen MR) is 158 cm³/mol. The molecule has 2 aliphatic heterocycles. The number of aromatic amines is 1. The van der Waals surface area contributed by atoms with E-state index in [4.69, 9.17) is 16.3 Å². The summed E-state index contributed by atoms with van der Waals surface area (Å²) in [6.07, 6.45) is -0.647. The lowest BCUT2D eigenvalue weighted by Gasteiger charge is -2.35. The topological polar surface area (TPSA) is 155 Å². The van der Waals surface area contributed by atoms with Crippen molar-refractivity contribution in [2.24, 2.45) is 0 Å². The number of amides is 4. The van der Waals surface area contributed by atoms with Gasteiger partial charge in [0.05, 0.1) is 24.9 Å². The molecule has 1 saturated heterocycles. The smallest absolute Gasteiger partial charge is 0.412 e. The van der Waals surface area contributed by atoms with Crippen molar-refractivity contribution in [3.05, 3.63) is 88.4 Å². The average molecular weight is 603 g/mol. The number of likely N-dealkylation sites (tertiary alicyclic amines) is 1. The molecule has 2 atom stereocenters. The molecule has 12 nitrogen and oxygen atoms in total. The molecule has 0 bridgehead atoms. The Morgan fingerprint density at radius 2 is 1.95 bits per heavy atom. The Morgan fingerprint density at radius 1 is 1.14 bits per heavy atom. The van der Waals surface area contributed by atoms with Gasteiger partial charge in [0.2, 0.25) is 5.91 Å². The summed E-state index contributed by atoms with van der Waals surface area (Å²) in [6, 6.07) is 18.4. The third kappa shape index (κ3) is 5.56. The summed E-state index contributed by atoms with van der Waals surface area (Å²) in [5.74, 6) is -0.512. The second-order valence-electron chi connectivity index (χ2n) is 10.4. The lowest BCUT2D eigenvalue weighted by atomic mass is 9.90. The maximum Gasteiger partial charge on any atom is 0.412 e. The van der Waals surface area contributed by atoms with Gasteiger partial charge in [0, 0.05) is 40.9 Å². The van der Waals surface area contributed by atoms with Crippen molar-refractivity contribution >= 4 is 58.0 Å². The molecule has 3 heterocycles. The minimum absolute atomic E-state index is 0.115. The van der Waals surface area contributed by atoms with Gasteiger partial charge < -0.3 is 19.7 Å². The highest BCUT2D eigenvalue weighted by Gasteiger charge is 2.49. The molecule has 0 aliphatic carbocycles. The number of hydrogen-bond acceptors (Lipinski definition) is 7. The van der Waals surface area contributed by atoms with Gasteiger partial charge in [0.25, 0.3) is 5.91 Å². The zero-order chi connectivity index (χ0) is 30.1. The van der Waals surface area contributed by atoms with E-state index in [-0.39, 0.29) is 24.7 Å². The summed E-state index contributed by atoms with van der Waals surface area (Å²) in [5, 5.41) is 16.0. The highest BCUT2D eigenvalue weighted by molar-refractivity contribution is 6.30. The molecule has 6 rings (SSSR count). The number of halogens is 1. The summed E-state index contributed by atoms with van der Waals surface area (Å²) in [7, 11) is 1.25. The van der Waals surface area contributed by atoms with E-state index in [0.29, 0.717) is 45.7 Å². The minimum Gasteiger partial charge on any atom is -0.453 e. The number of anilines is 2. The van der Waals surface area contributed by atoms with Gasteiger partial charge in [-0.15, -0.1) is 0 Å². The first-order valence-corrected chi connectivity index (χ1v) is 13.9. The van der Waals surface area contributed by atoms with Gasteiger partial charge >= 0.3 is 12.2 Å². The Morgan fingerprint density at radius 3 is 2.74 bits per heavy atom. The van der Waals surface area contributed by atoms with Crippen LogP contribution in [0.2, 0.25) is 5.02 Å². The van der Waals surface area contributed by atoms with Crippen molar-refractivity contribution in [1.29, 1.82) is 0 Å². The number of nitrogens with zero attached hydrogens (tertiary/aromatic N) is 2. The van der Waals surface area contributed by atoms with Crippen molar-refractivity contribution < 1.29 is 28.7 Å². The Kier molecular flexibility index (Phi) is 7.36. The summed E-state index contributed by atoms with van der Waals surface area (Å²) < 4.78 is 10.4. The maximum atomic E-state index is 14.0. The van der Waals surface area contributed by atoms with Gasteiger partial charge in [-0.1, -0.05) is 41.9 Å². The molecule has 13 heteroatoms. The fraction of sp³-hybridized carbons (Fsp3) is 0.233. The quantitative estimate of drug-likeness (QED) is 0.254. The summed E-state index contributed by atoms with van der Waals surface area (Å²) in [5.41, 5.74) is 1.90. The molecule has 2 aliphatic rings. The predicted octanol–water partition coefficient (Wildman–Crippen LogP) is 4.43. The van der Waals surface area contributed by atoms with E-state index in [0.717, 1.165) is 5.56 Å². The van der Waals surface area contributed by atoms with E-state index in [1.807, 2.05) is 30.3 Å². The van der Waals surface area contributed by atoms with Crippen LogP contribution in [0.15, 0.2) is 66.7 Å². The van der Waals surface area contributed by atoms with Gasteiger partial charge in [-0.25, -0.2) is 9.59 Å². The van der Waals surface area contributed by atoms with Crippen LogP contribution >= 0.6 is 11.6 Å². The van der Waals surface area contributed by atoms with E-state index in [1.54, 1.807) is 41.3 Å². The molecule has 3 aromatic carbocycles. The van der Waals surface area contributed by atoms with Crippen molar-refractivity contribution in [3.8, 4) is 0 Å². The molecule has 1 fully saturated rings. The largest absolute Gasteiger partial charge is 0.453 e. The number of ether oxygens (including phenoxy) is 2.